The summed E-state index contributed by atoms with van der Waals surface area (Å²) in [5, 5.41) is 2.89. The van der Waals surface area contributed by atoms with Crippen LogP contribution in [0.2, 0.25) is 0 Å². The minimum Gasteiger partial charge on any atom is -0.357 e. The Morgan fingerprint density at radius 3 is 2.78 bits per heavy atom. The SMILES string of the molecule is CNc1ncc(CN(C)C(=O)CC2CCc3ccccc32)cn1. The molecule has 1 heterocycles. The van der Waals surface area contributed by atoms with E-state index in [0.717, 1.165) is 18.4 Å². The van der Waals surface area contributed by atoms with Crippen LogP contribution in [0.4, 0.5) is 5.95 Å². The number of benzene rings is 1. The number of aryl methyl sites for hydroxylation is 1. The van der Waals surface area contributed by atoms with Gasteiger partial charge in [-0.3, -0.25) is 4.79 Å². The Morgan fingerprint density at radius 2 is 2.04 bits per heavy atom. The van der Waals surface area contributed by atoms with Crippen LogP contribution in [0.5, 0.6) is 0 Å². The highest BCUT2D eigenvalue weighted by molar-refractivity contribution is 5.77. The number of carbonyl (C=O) groups is 1. The number of rotatable bonds is 5. The van der Waals surface area contributed by atoms with E-state index >= 15 is 0 Å². The fourth-order valence-electron chi connectivity index (χ4n) is 3.15. The molecule has 0 saturated carbocycles. The predicted octanol–water partition coefficient (Wildman–Crippen LogP) is 2.60. The molecule has 1 amide bonds. The summed E-state index contributed by atoms with van der Waals surface area (Å²) in [5.41, 5.74) is 3.67. The van der Waals surface area contributed by atoms with Gasteiger partial charge in [0.25, 0.3) is 0 Å². The van der Waals surface area contributed by atoms with Gasteiger partial charge in [-0.1, -0.05) is 24.3 Å². The van der Waals surface area contributed by atoms with E-state index in [1.807, 2.05) is 7.05 Å². The molecule has 23 heavy (non-hydrogen) atoms. The first kappa shape index (κ1) is 15.5. The van der Waals surface area contributed by atoms with E-state index in [0.29, 0.717) is 24.8 Å². The Kier molecular flexibility index (Phi) is 4.55. The van der Waals surface area contributed by atoms with Crippen LogP contribution in [-0.4, -0.2) is 34.9 Å². The summed E-state index contributed by atoms with van der Waals surface area (Å²) in [6.45, 7) is 0.539. The van der Waals surface area contributed by atoms with Gasteiger partial charge in [-0.2, -0.15) is 0 Å². The van der Waals surface area contributed by atoms with Crippen molar-refractivity contribution in [3.63, 3.8) is 0 Å². The summed E-state index contributed by atoms with van der Waals surface area (Å²) in [5.74, 6) is 1.11. The highest BCUT2D eigenvalue weighted by Gasteiger charge is 2.25. The van der Waals surface area contributed by atoms with Crippen LogP contribution in [0.3, 0.4) is 0 Å². The first-order chi connectivity index (χ1) is 11.2. The molecule has 0 radical (unpaired) electrons. The Hall–Kier alpha value is -2.43. The molecule has 1 unspecified atom stereocenters. The number of amides is 1. The van der Waals surface area contributed by atoms with E-state index in [-0.39, 0.29) is 5.91 Å². The second-order valence-corrected chi connectivity index (χ2v) is 6.05. The molecule has 5 heteroatoms. The highest BCUT2D eigenvalue weighted by atomic mass is 16.2. The lowest BCUT2D eigenvalue weighted by atomic mass is 9.97. The van der Waals surface area contributed by atoms with E-state index in [4.69, 9.17) is 0 Å². The van der Waals surface area contributed by atoms with Gasteiger partial charge >= 0.3 is 0 Å². The van der Waals surface area contributed by atoms with Gasteiger partial charge < -0.3 is 10.2 Å². The Balaban J connectivity index is 1.59. The van der Waals surface area contributed by atoms with Crippen molar-refractivity contribution in [2.45, 2.75) is 31.7 Å². The van der Waals surface area contributed by atoms with Gasteiger partial charge in [0.2, 0.25) is 11.9 Å². The Labute approximate surface area is 136 Å². The first-order valence-electron chi connectivity index (χ1n) is 7.98. The van der Waals surface area contributed by atoms with Gasteiger partial charge in [-0.15, -0.1) is 0 Å². The monoisotopic (exact) mass is 310 g/mol. The van der Waals surface area contributed by atoms with Crippen molar-refractivity contribution in [3.05, 3.63) is 53.3 Å². The van der Waals surface area contributed by atoms with Gasteiger partial charge in [0.1, 0.15) is 0 Å². The maximum Gasteiger partial charge on any atom is 0.223 e. The number of aromatic nitrogens is 2. The van der Waals surface area contributed by atoms with E-state index in [9.17, 15) is 4.79 Å². The minimum absolute atomic E-state index is 0.171. The molecule has 1 aromatic carbocycles. The molecule has 2 aromatic rings. The molecular weight excluding hydrogens is 288 g/mol. The summed E-state index contributed by atoms with van der Waals surface area (Å²) in [6.07, 6.45) is 6.24. The number of nitrogens with zero attached hydrogens (tertiary/aromatic N) is 3. The smallest absolute Gasteiger partial charge is 0.223 e. The largest absolute Gasteiger partial charge is 0.357 e. The Morgan fingerprint density at radius 1 is 1.30 bits per heavy atom. The van der Waals surface area contributed by atoms with Gasteiger partial charge in [-0.25, -0.2) is 9.97 Å². The quantitative estimate of drug-likeness (QED) is 0.922. The maximum atomic E-state index is 12.5. The fraction of sp³-hybridized carbons (Fsp3) is 0.389. The van der Waals surface area contributed by atoms with Crippen molar-refractivity contribution >= 4 is 11.9 Å². The zero-order chi connectivity index (χ0) is 16.2. The van der Waals surface area contributed by atoms with Crippen molar-refractivity contribution in [1.29, 1.82) is 0 Å². The average molecular weight is 310 g/mol. The third-order valence-corrected chi connectivity index (χ3v) is 4.45. The van der Waals surface area contributed by atoms with Crippen molar-refractivity contribution in [2.24, 2.45) is 0 Å². The summed E-state index contributed by atoms with van der Waals surface area (Å²) in [7, 11) is 3.62. The zero-order valence-corrected chi connectivity index (χ0v) is 13.6. The molecule has 0 saturated heterocycles. The lowest BCUT2D eigenvalue weighted by molar-refractivity contribution is -0.130. The van der Waals surface area contributed by atoms with E-state index in [1.165, 1.54) is 11.1 Å². The summed E-state index contributed by atoms with van der Waals surface area (Å²) in [4.78, 5) is 22.6. The van der Waals surface area contributed by atoms with Gasteiger partial charge in [0.05, 0.1) is 0 Å². The number of anilines is 1. The van der Waals surface area contributed by atoms with Crippen LogP contribution in [0, 0.1) is 0 Å². The van der Waals surface area contributed by atoms with Crippen molar-refractivity contribution in [3.8, 4) is 0 Å². The lowest BCUT2D eigenvalue weighted by Crippen LogP contribution is -2.27. The standard InChI is InChI=1S/C18H22N4O/c1-19-18-20-10-13(11-21-18)12-22(2)17(23)9-15-8-7-14-5-3-4-6-16(14)15/h3-6,10-11,15H,7-9,12H2,1-2H3,(H,19,20,21). The Bertz CT molecular complexity index is 684. The second-order valence-electron chi connectivity index (χ2n) is 6.05. The van der Waals surface area contributed by atoms with Crippen molar-refractivity contribution in [2.75, 3.05) is 19.4 Å². The lowest BCUT2D eigenvalue weighted by Gasteiger charge is -2.20. The average Bonchev–Trinajstić information content (AvgIpc) is 2.98. The third kappa shape index (κ3) is 3.50. The molecule has 120 valence electrons. The molecule has 0 bridgehead atoms. The first-order valence-corrected chi connectivity index (χ1v) is 7.98. The fourth-order valence-corrected chi connectivity index (χ4v) is 3.15. The number of hydrogen-bond donors (Lipinski definition) is 1. The molecule has 0 fully saturated rings. The molecule has 1 atom stereocenters. The topological polar surface area (TPSA) is 58.1 Å². The molecule has 1 aromatic heterocycles. The number of nitrogens with one attached hydrogen (secondary N) is 1. The minimum atomic E-state index is 0.171. The van der Waals surface area contributed by atoms with E-state index < -0.39 is 0 Å². The summed E-state index contributed by atoms with van der Waals surface area (Å²) >= 11 is 0. The van der Waals surface area contributed by atoms with Crippen LogP contribution < -0.4 is 5.32 Å². The molecule has 5 nitrogen and oxygen atoms in total. The van der Waals surface area contributed by atoms with E-state index in [1.54, 1.807) is 24.3 Å². The third-order valence-electron chi connectivity index (χ3n) is 4.45. The summed E-state index contributed by atoms with van der Waals surface area (Å²) in [6, 6.07) is 8.46. The van der Waals surface area contributed by atoms with Crippen molar-refractivity contribution in [1.82, 2.24) is 14.9 Å². The molecule has 1 N–H and O–H groups in total. The molecular formula is C18H22N4O. The molecule has 3 rings (SSSR count). The van der Waals surface area contributed by atoms with Crippen LogP contribution in [0.25, 0.3) is 0 Å². The zero-order valence-electron chi connectivity index (χ0n) is 13.6. The number of carbonyl (C=O) groups excluding carboxylic acids is 1. The van der Waals surface area contributed by atoms with Gasteiger partial charge in [0.15, 0.2) is 0 Å². The van der Waals surface area contributed by atoms with Crippen LogP contribution >= 0.6 is 0 Å². The summed E-state index contributed by atoms with van der Waals surface area (Å²) < 4.78 is 0. The number of fused-ring (bicyclic) bond motifs is 1. The van der Waals surface area contributed by atoms with Crippen LogP contribution in [0.1, 0.15) is 35.4 Å². The van der Waals surface area contributed by atoms with Crippen LogP contribution in [-0.2, 0) is 17.8 Å². The van der Waals surface area contributed by atoms with Crippen LogP contribution in [0.15, 0.2) is 36.7 Å². The molecule has 1 aliphatic rings. The molecule has 1 aliphatic carbocycles. The molecule has 0 aliphatic heterocycles. The van der Waals surface area contributed by atoms with Crippen molar-refractivity contribution < 1.29 is 4.79 Å². The number of hydrogen-bond acceptors (Lipinski definition) is 4. The highest BCUT2D eigenvalue weighted by Crippen LogP contribution is 2.35. The van der Waals surface area contributed by atoms with Gasteiger partial charge in [0, 0.05) is 45.0 Å². The molecule has 0 spiro atoms. The normalized spacial score (nSPS) is 16.0. The second kappa shape index (κ2) is 6.77. The predicted molar refractivity (Wildman–Crippen MR) is 90.2 cm³/mol. The van der Waals surface area contributed by atoms with Gasteiger partial charge in [-0.05, 0) is 29.9 Å². The van der Waals surface area contributed by atoms with E-state index in [2.05, 4.69) is 39.6 Å². The maximum absolute atomic E-state index is 12.5.